The van der Waals surface area contributed by atoms with E-state index >= 15 is 0 Å². The zero-order chi connectivity index (χ0) is 16.4. The molecule has 0 aliphatic heterocycles. The van der Waals surface area contributed by atoms with Crippen LogP contribution >= 0.6 is 0 Å². The molecule has 0 radical (unpaired) electrons. The summed E-state index contributed by atoms with van der Waals surface area (Å²) >= 11 is 0. The van der Waals surface area contributed by atoms with Crippen LogP contribution in [0.5, 0.6) is 0 Å². The summed E-state index contributed by atoms with van der Waals surface area (Å²) in [4.78, 5) is 8.59. The highest BCUT2D eigenvalue weighted by Gasteiger charge is 2.14. The van der Waals surface area contributed by atoms with E-state index in [1.807, 2.05) is 30.5 Å². The number of benzene rings is 1. The molecule has 0 saturated heterocycles. The quantitative estimate of drug-likeness (QED) is 0.572. The smallest absolute Gasteiger partial charge is 0.274 e. The number of hydrogen-bond acceptors (Lipinski definition) is 4. The van der Waals surface area contributed by atoms with Gasteiger partial charge in [-0.05, 0) is 36.8 Å². The van der Waals surface area contributed by atoms with Crippen LogP contribution in [0.1, 0.15) is 11.1 Å². The third kappa shape index (κ3) is 2.84. The van der Waals surface area contributed by atoms with Gasteiger partial charge in [-0.15, -0.1) is 0 Å². The molecular formula is C19H16N4O. The second-order valence-electron chi connectivity index (χ2n) is 5.67. The fraction of sp³-hybridized carbons (Fsp3) is 0.105. The number of aromatic nitrogens is 4. The van der Waals surface area contributed by atoms with Crippen LogP contribution < -0.4 is 0 Å². The molecule has 0 spiro atoms. The fourth-order valence-corrected chi connectivity index (χ4v) is 2.58. The number of pyridine rings is 1. The highest BCUT2D eigenvalue weighted by molar-refractivity contribution is 5.57. The minimum atomic E-state index is 0.506. The van der Waals surface area contributed by atoms with Gasteiger partial charge in [0.1, 0.15) is 5.69 Å². The topological polar surface area (TPSA) is 56.7 Å². The molecule has 0 aliphatic carbocycles. The standard InChI is InChI=1S/C19H16N4O/c1-14-6-8-15(9-7-14)13-23-11-3-5-17(23)19-21-18(22-24-19)16-4-2-10-20-12-16/h2-12H,13H2,1H3. The van der Waals surface area contributed by atoms with E-state index in [0.717, 1.165) is 17.8 Å². The summed E-state index contributed by atoms with van der Waals surface area (Å²) in [7, 11) is 0. The molecular weight excluding hydrogens is 300 g/mol. The van der Waals surface area contributed by atoms with E-state index in [9.17, 15) is 0 Å². The Labute approximate surface area is 139 Å². The van der Waals surface area contributed by atoms with Crippen LogP contribution in [0, 0.1) is 6.92 Å². The van der Waals surface area contributed by atoms with E-state index in [0.29, 0.717) is 11.7 Å². The van der Waals surface area contributed by atoms with Crippen molar-refractivity contribution in [2.24, 2.45) is 0 Å². The van der Waals surface area contributed by atoms with Crippen molar-refractivity contribution in [2.75, 3.05) is 0 Å². The highest BCUT2D eigenvalue weighted by Crippen LogP contribution is 2.23. The number of rotatable bonds is 4. The zero-order valence-corrected chi connectivity index (χ0v) is 13.3. The lowest BCUT2D eigenvalue weighted by molar-refractivity contribution is 0.429. The van der Waals surface area contributed by atoms with Crippen molar-refractivity contribution in [2.45, 2.75) is 13.5 Å². The van der Waals surface area contributed by atoms with Gasteiger partial charge in [-0.25, -0.2) is 0 Å². The minimum absolute atomic E-state index is 0.506. The molecule has 0 saturated carbocycles. The molecule has 1 aromatic carbocycles. The van der Waals surface area contributed by atoms with Crippen molar-refractivity contribution in [3.63, 3.8) is 0 Å². The Morgan fingerprint density at radius 2 is 1.92 bits per heavy atom. The molecule has 4 rings (SSSR count). The van der Waals surface area contributed by atoms with Crippen LogP contribution in [0.4, 0.5) is 0 Å². The predicted molar refractivity (Wildman–Crippen MR) is 91.2 cm³/mol. The molecule has 0 amide bonds. The summed E-state index contributed by atoms with van der Waals surface area (Å²) in [6.45, 7) is 2.84. The minimum Gasteiger partial charge on any atom is -0.339 e. The first kappa shape index (κ1) is 14.4. The van der Waals surface area contributed by atoms with Crippen molar-refractivity contribution < 1.29 is 4.52 Å². The second-order valence-corrected chi connectivity index (χ2v) is 5.67. The SMILES string of the molecule is Cc1ccc(Cn2cccc2-c2nc(-c3cccnc3)no2)cc1. The van der Waals surface area contributed by atoms with Gasteiger partial charge in [-0.1, -0.05) is 35.0 Å². The van der Waals surface area contributed by atoms with Gasteiger partial charge >= 0.3 is 0 Å². The van der Waals surface area contributed by atoms with Gasteiger partial charge in [0.25, 0.3) is 5.89 Å². The Balaban J connectivity index is 1.63. The largest absolute Gasteiger partial charge is 0.339 e. The lowest BCUT2D eigenvalue weighted by Crippen LogP contribution is -2.00. The molecule has 5 nitrogen and oxygen atoms in total. The first-order chi connectivity index (χ1) is 11.8. The maximum atomic E-state index is 5.45. The van der Waals surface area contributed by atoms with Crippen molar-refractivity contribution in [3.05, 3.63) is 78.2 Å². The summed E-state index contributed by atoms with van der Waals surface area (Å²) < 4.78 is 7.55. The maximum Gasteiger partial charge on any atom is 0.274 e. The van der Waals surface area contributed by atoms with Crippen LogP contribution in [-0.4, -0.2) is 19.7 Å². The second kappa shape index (κ2) is 6.12. The van der Waals surface area contributed by atoms with E-state index in [4.69, 9.17) is 4.52 Å². The van der Waals surface area contributed by atoms with E-state index in [2.05, 4.69) is 50.9 Å². The average Bonchev–Trinajstić information content (AvgIpc) is 3.27. The third-order valence-electron chi connectivity index (χ3n) is 3.87. The van der Waals surface area contributed by atoms with Gasteiger partial charge in [0.2, 0.25) is 5.82 Å². The molecule has 0 aliphatic rings. The number of hydrogen-bond donors (Lipinski definition) is 0. The third-order valence-corrected chi connectivity index (χ3v) is 3.87. The van der Waals surface area contributed by atoms with Crippen LogP contribution in [-0.2, 0) is 6.54 Å². The zero-order valence-electron chi connectivity index (χ0n) is 13.3. The lowest BCUT2D eigenvalue weighted by atomic mass is 10.1. The Morgan fingerprint density at radius 3 is 2.71 bits per heavy atom. The van der Waals surface area contributed by atoms with Crippen molar-refractivity contribution >= 4 is 0 Å². The molecule has 0 N–H and O–H groups in total. The summed E-state index contributed by atoms with van der Waals surface area (Å²) in [5.74, 6) is 1.05. The maximum absolute atomic E-state index is 5.45. The Bertz CT molecular complexity index is 939. The molecule has 118 valence electrons. The summed E-state index contributed by atoms with van der Waals surface area (Å²) in [6, 6.07) is 16.2. The molecule has 4 aromatic rings. The van der Waals surface area contributed by atoms with Gasteiger partial charge in [0.15, 0.2) is 0 Å². The van der Waals surface area contributed by atoms with Gasteiger partial charge in [0.05, 0.1) is 0 Å². The molecule has 3 aromatic heterocycles. The Kier molecular flexibility index (Phi) is 3.67. The van der Waals surface area contributed by atoms with E-state index in [1.165, 1.54) is 11.1 Å². The molecule has 5 heteroatoms. The van der Waals surface area contributed by atoms with Crippen LogP contribution in [0.2, 0.25) is 0 Å². The van der Waals surface area contributed by atoms with Crippen LogP contribution in [0.25, 0.3) is 23.0 Å². The normalized spacial score (nSPS) is 10.9. The average molecular weight is 316 g/mol. The van der Waals surface area contributed by atoms with E-state index in [-0.39, 0.29) is 0 Å². The molecule has 0 bridgehead atoms. The Hall–Kier alpha value is -3.21. The van der Waals surface area contributed by atoms with Crippen molar-refractivity contribution in [1.29, 1.82) is 0 Å². The van der Waals surface area contributed by atoms with Crippen molar-refractivity contribution in [3.8, 4) is 23.0 Å². The molecule has 0 fully saturated rings. The van der Waals surface area contributed by atoms with E-state index < -0.39 is 0 Å². The molecule has 0 atom stereocenters. The molecule has 3 heterocycles. The highest BCUT2D eigenvalue weighted by atomic mass is 16.5. The lowest BCUT2D eigenvalue weighted by Gasteiger charge is -2.07. The van der Waals surface area contributed by atoms with Crippen LogP contribution in [0.3, 0.4) is 0 Å². The summed E-state index contributed by atoms with van der Waals surface area (Å²) in [5, 5.41) is 4.06. The monoisotopic (exact) mass is 316 g/mol. The molecule has 24 heavy (non-hydrogen) atoms. The predicted octanol–water partition coefficient (Wildman–Crippen LogP) is 3.96. The van der Waals surface area contributed by atoms with Gasteiger partial charge in [-0.2, -0.15) is 4.98 Å². The number of aryl methyl sites for hydroxylation is 1. The van der Waals surface area contributed by atoms with Gasteiger partial charge < -0.3 is 9.09 Å². The molecule has 0 unspecified atom stereocenters. The fourth-order valence-electron chi connectivity index (χ4n) is 2.58. The first-order valence-corrected chi connectivity index (χ1v) is 7.75. The summed E-state index contributed by atoms with van der Waals surface area (Å²) in [5.41, 5.74) is 4.22. The number of nitrogens with zero attached hydrogens (tertiary/aromatic N) is 4. The van der Waals surface area contributed by atoms with Gasteiger partial charge in [-0.3, -0.25) is 4.98 Å². The van der Waals surface area contributed by atoms with E-state index in [1.54, 1.807) is 12.4 Å². The Morgan fingerprint density at radius 1 is 1.04 bits per heavy atom. The van der Waals surface area contributed by atoms with Gasteiger partial charge in [0, 0.05) is 30.7 Å². The summed E-state index contributed by atoms with van der Waals surface area (Å²) in [6.07, 6.45) is 5.46. The van der Waals surface area contributed by atoms with Crippen molar-refractivity contribution in [1.82, 2.24) is 19.7 Å². The first-order valence-electron chi connectivity index (χ1n) is 7.75. The van der Waals surface area contributed by atoms with Crippen LogP contribution in [0.15, 0.2) is 71.6 Å².